The summed E-state index contributed by atoms with van der Waals surface area (Å²) in [5, 5.41) is 26.9. The maximum absolute atomic E-state index is 11.2. The summed E-state index contributed by atoms with van der Waals surface area (Å²) in [5.41, 5.74) is 0.723. The highest BCUT2D eigenvalue weighted by Gasteiger charge is 2.22. The molecule has 0 aliphatic heterocycles. The third-order valence-corrected chi connectivity index (χ3v) is 2.79. The number of rotatable bonds is 4. The predicted octanol–water partition coefficient (Wildman–Crippen LogP) is 2.08. The van der Waals surface area contributed by atoms with E-state index in [2.05, 4.69) is 10.4 Å². The highest BCUT2D eigenvalue weighted by atomic mass is 16.6. The van der Waals surface area contributed by atoms with E-state index in [0.29, 0.717) is 5.69 Å². The zero-order chi connectivity index (χ0) is 14.9. The lowest BCUT2D eigenvalue weighted by Gasteiger charge is -2.07. The molecular weight excluding hydrogens is 264 g/mol. The number of nitrogens with one attached hydrogen (secondary N) is 1. The van der Waals surface area contributed by atoms with Gasteiger partial charge >= 0.3 is 5.97 Å². The second-order valence-electron chi connectivity index (χ2n) is 4.14. The number of aryl methyl sites for hydroxylation is 2. The summed E-state index contributed by atoms with van der Waals surface area (Å²) in [6.45, 7) is 1.63. The molecule has 104 valence electrons. The highest BCUT2D eigenvalue weighted by Crippen LogP contribution is 2.30. The van der Waals surface area contributed by atoms with Crippen LogP contribution in [-0.2, 0) is 7.05 Å². The van der Waals surface area contributed by atoms with E-state index in [-0.39, 0.29) is 22.8 Å². The number of hydrogen-bond acceptors (Lipinski definition) is 5. The van der Waals surface area contributed by atoms with E-state index in [4.69, 9.17) is 0 Å². The monoisotopic (exact) mass is 276 g/mol. The minimum Gasteiger partial charge on any atom is -0.476 e. The van der Waals surface area contributed by atoms with Gasteiger partial charge in [-0.05, 0) is 13.0 Å². The number of nitro benzene ring substituents is 1. The first-order valence-electron chi connectivity index (χ1n) is 5.69. The molecule has 0 unspecified atom stereocenters. The minimum absolute atomic E-state index is 0.0550. The van der Waals surface area contributed by atoms with E-state index in [1.54, 1.807) is 13.0 Å². The molecular formula is C12H12N4O4. The molecule has 1 aromatic carbocycles. The number of para-hydroxylation sites is 2. The Labute approximate surface area is 113 Å². The van der Waals surface area contributed by atoms with Gasteiger partial charge in [0.1, 0.15) is 5.69 Å². The van der Waals surface area contributed by atoms with Crippen molar-refractivity contribution in [2.75, 3.05) is 5.32 Å². The molecule has 1 heterocycles. The van der Waals surface area contributed by atoms with Crippen molar-refractivity contribution in [3.8, 4) is 0 Å². The maximum atomic E-state index is 11.2. The number of nitro groups is 1. The average Bonchev–Trinajstić information content (AvgIpc) is 2.64. The largest absolute Gasteiger partial charge is 0.476 e. The quantitative estimate of drug-likeness (QED) is 0.653. The van der Waals surface area contributed by atoms with E-state index in [0.717, 1.165) is 0 Å². The predicted molar refractivity (Wildman–Crippen MR) is 71.3 cm³/mol. The van der Waals surface area contributed by atoms with Crippen molar-refractivity contribution in [2.24, 2.45) is 7.05 Å². The van der Waals surface area contributed by atoms with Crippen LogP contribution in [0.5, 0.6) is 0 Å². The van der Waals surface area contributed by atoms with Crippen LogP contribution in [0.25, 0.3) is 0 Å². The smallest absolute Gasteiger partial charge is 0.356 e. The van der Waals surface area contributed by atoms with E-state index in [9.17, 15) is 20.0 Å². The summed E-state index contributed by atoms with van der Waals surface area (Å²) in [6.07, 6.45) is 0. The molecule has 20 heavy (non-hydrogen) atoms. The molecule has 0 bridgehead atoms. The fraction of sp³-hybridized carbons (Fsp3) is 0.167. The number of benzene rings is 1. The summed E-state index contributed by atoms with van der Waals surface area (Å²) in [7, 11) is 1.50. The number of carbonyl (C=O) groups is 1. The van der Waals surface area contributed by atoms with Crippen molar-refractivity contribution >= 4 is 23.0 Å². The zero-order valence-corrected chi connectivity index (χ0v) is 10.8. The van der Waals surface area contributed by atoms with Crippen molar-refractivity contribution < 1.29 is 14.8 Å². The SMILES string of the molecule is Cc1nn(C)c(C(=O)O)c1Nc1ccccc1[N+](=O)[O-]. The van der Waals surface area contributed by atoms with Gasteiger partial charge in [-0.25, -0.2) is 4.79 Å². The Morgan fingerprint density at radius 3 is 2.70 bits per heavy atom. The standard InChI is InChI=1S/C12H12N4O4/c1-7-10(11(12(17)18)15(2)14-7)13-8-5-3-4-6-9(8)16(19)20/h3-6,13H,1-2H3,(H,17,18). The Morgan fingerprint density at radius 1 is 1.45 bits per heavy atom. The molecule has 2 aromatic rings. The van der Waals surface area contributed by atoms with Gasteiger partial charge in [0.15, 0.2) is 5.69 Å². The molecule has 0 saturated heterocycles. The van der Waals surface area contributed by atoms with E-state index < -0.39 is 10.9 Å². The zero-order valence-electron chi connectivity index (χ0n) is 10.8. The van der Waals surface area contributed by atoms with Crippen LogP contribution in [0.3, 0.4) is 0 Å². The number of aromatic carboxylic acids is 1. The Bertz CT molecular complexity index is 693. The highest BCUT2D eigenvalue weighted by molar-refractivity contribution is 5.94. The summed E-state index contributed by atoms with van der Waals surface area (Å²) in [5.74, 6) is -1.16. The summed E-state index contributed by atoms with van der Waals surface area (Å²) in [4.78, 5) is 21.6. The lowest BCUT2D eigenvalue weighted by molar-refractivity contribution is -0.383. The molecule has 0 radical (unpaired) electrons. The molecule has 0 atom stereocenters. The number of aromatic nitrogens is 2. The van der Waals surface area contributed by atoms with Crippen LogP contribution in [0.15, 0.2) is 24.3 Å². The molecule has 1 aromatic heterocycles. The summed E-state index contributed by atoms with van der Waals surface area (Å²) >= 11 is 0. The van der Waals surface area contributed by atoms with Crippen molar-refractivity contribution in [3.63, 3.8) is 0 Å². The average molecular weight is 276 g/mol. The van der Waals surface area contributed by atoms with Gasteiger partial charge in [0.2, 0.25) is 0 Å². The third-order valence-electron chi connectivity index (χ3n) is 2.79. The Kier molecular flexibility index (Phi) is 3.38. The van der Waals surface area contributed by atoms with Crippen molar-refractivity contribution in [1.29, 1.82) is 0 Å². The maximum Gasteiger partial charge on any atom is 0.356 e. The second-order valence-corrected chi connectivity index (χ2v) is 4.14. The Balaban J connectivity index is 2.51. The number of carboxylic acid groups (broad SMARTS) is 1. The molecule has 0 amide bonds. The number of hydrogen-bond donors (Lipinski definition) is 2. The number of nitrogens with zero attached hydrogens (tertiary/aromatic N) is 3. The molecule has 0 saturated carbocycles. The number of anilines is 2. The van der Waals surface area contributed by atoms with Gasteiger partial charge in [-0.2, -0.15) is 5.10 Å². The van der Waals surface area contributed by atoms with E-state index in [1.165, 1.54) is 29.9 Å². The van der Waals surface area contributed by atoms with E-state index >= 15 is 0 Å². The Morgan fingerprint density at radius 2 is 2.10 bits per heavy atom. The molecule has 0 spiro atoms. The van der Waals surface area contributed by atoms with Gasteiger partial charge in [0.05, 0.1) is 16.3 Å². The van der Waals surface area contributed by atoms with Crippen molar-refractivity contribution in [3.05, 3.63) is 45.8 Å². The van der Waals surface area contributed by atoms with Crippen LogP contribution < -0.4 is 5.32 Å². The van der Waals surface area contributed by atoms with Gasteiger partial charge in [-0.1, -0.05) is 12.1 Å². The molecule has 8 nitrogen and oxygen atoms in total. The van der Waals surface area contributed by atoms with Crippen LogP contribution >= 0.6 is 0 Å². The first kappa shape index (κ1) is 13.5. The van der Waals surface area contributed by atoms with Gasteiger partial charge in [0, 0.05) is 13.1 Å². The molecule has 0 fully saturated rings. The molecule has 8 heteroatoms. The van der Waals surface area contributed by atoms with E-state index in [1.807, 2.05) is 0 Å². The fourth-order valence-electron chi connectivity index (χ4n) is 1.93. The van der Waals surface area contributed by atoms with Gasteiger partial charge < -0.3 is 10.4 Å². The molecule has 0 aliphatic carbocycles. The Hall–Kier alpha value is -2.90. The summed E-state index contributed by atoms with van der Waals surface area (Å²) in [6, 6.07) is 6.02. The van der Waals surface area contributed by atoms with Gasteiger partial charge in [0.25, 0.3) is 5.69 Å². The molecule has 2 N–H and O–H groups in total. The van der Waals surface area contributed by atoms with Gasteiger partial charge in [-0.15, -0.1) is 0 Å². The molecule has 0 aliphatic rings. The topological polar surface area (TPSA) is 110 Å². The van der Waals surface area contributed by atoms with Crippen LogP contribution in [0.2, 0.25) is 0 Å². The van der Waals surface area contributed by atoms with Crippen molar-refractivity contribution in [2.45, 2.75) is 6.92 Å². The molecule has 2 rings (SSSR count). The lowest BCUT2D eigenvalue weighted by Crippen LogP contribution is -2.08. The lowest BCUT2D eigenvalue weighted by atomic mass is 10.2. The fourth-order valence-corrected chi connectivity index (χ4v) is 1.93. The summed E-state index contributed by atoms with van der Waals surface area (Å²) < 4.78 is 1.22. The van der Waals surface area contributed by atoms with Crippen LogP contribution in [-0.4, -0.2) is 25.8 Å². The first-order chi connectivity index (χ1) is 9.41. The normalized spacial score (nSPS) is 10.3. The van der Waals surface area contributed by atoms with Crippen LogP contribution in [0.1, 0.15) is 16.2 Å². The minimum atomic E-state index is -1.16. The first-order valence-corrected chi connectivity index (χ1v) is 5.69. The second kappa shape index (κ2) is 5.00. The van der Waals surface area contributed by atoms with Gasteiger partial charge in [-0.3, -0.25) is 14.8 Å². The number of carboxylic acids is 1. The van der Waals surface area contributed by atoms with Crippen LogP contribution in [0.4, 0.5) is 17.1 Å². The van der Waals surface area contributed by atoms with Crippen molar-refractivity contribution in [1.82, 2.24) is 9.78 Å². The third kappa shape index (κ3) is 2.30. The van der Waals surface area contributed by atoms with Crippen LogP contribution in [0, 0.1) is 17.0 Å².